The number of aliphatic imine (C=N–C) groups is 2. The molecule has 0 saturated carbocycles. The summed E-state index contributed by atoms with van der Waals surface area (Å²) in [5, 5.41) is 4.14. The first-order valence-corrected chi connectivity index (χ1v) is 10.5. The molecule has 0 unspecified atom stereocenters. The Labute approximate surface area is 186 Å². The zero-order valence-corrected chi connectivity index (χ0v) is 17.5. The van der Waals surface area contributed by atoms with Crippen LogP contribution in [0.25, 0.3) is 11.1 Å². The third-order valence-corrected chi connectivity index (χ3v) is 5.41. The Balaban J connectivity index is 1.58. The Morgan fingerprint density at radius 2 is 1.06 bits per heavy atom. The zero-order valence-electron chi connectivity index (χ0n) is 16.7. The van der Waals surface area contributed by atoms with Crippen LogP contribution in [0, 0.1) is 0 Å². The fourth-order valence-electron chi connectivity index (χ4n) is 3.63. The number of benzene rings is 4. The molecule has 1 N–H and O–H groups in total. The Morgan fingerprint density at radius 3 is 1.65 bits per heavy atom. The molecule has 0 saturated heterocycles. The molecular formula is C27H20ClN3. The predicted molar refractivity (Wildman–Crippen MR) is 129 cm³/mol. The molecule has 1 aliphatic rings. The van der Waals surface area contributed by atoms with Gasteiger partial charge in [0, 0.05) is 16.1 Å². The van der Waals surface area contributed by atoms with Crippen molar-refractivity contribution >= 4 is 23.3 Å². The van der Waals surface area contributed by atoms with Gasteiger partial charge in [0.2, 0.25) is 0 Å². The average Bonchev–Trinajstić information content (AvgIpc) is 2.85. The van der Waals surface area contributed by atoms with E-state index in [-0.39, 0.29) is 6.17 Å². The van der Waals surface area contributed by atoms with E-state index in [0.29, 0.717) is 0 Å². The Hall–Kier alpha value is -3.69. The fraction of sp³-hybridized carbons (Fsp3) is 0.0370. The van der Waals surface area contributed by atoms with E-state index < -0.39 is 0 Å². The van der Waals surface area contributed by atoms with Crippen LogP contribution in [0.3, 0.4) is 0 Å². The molecule has 0 fully saturated rings. The summed E-state index contributed by atoms with van der Waals surface area (Å²) in [6.07, 6.45) is -0.342. The summed E-state index contributed by atoms with van der Waals surface area (Å²) >= 11 is 6.21. The van der Waals surface area contributed by atoms with E-state index in [2.05, 4.69) is 53.8 Å². The van der Waals surface area contributed by atoms with Crippen molar-refractivity contribution in [3.8, 4) is 11.1 Å². The summed E-state index contributed by atoms with van der Waals surface area (Å²) in [6, 6.07) is 36.5. The van der Waals surface area contributed by atoms with E-state index in [1.54, 1.807) is 0 Å². The van der Waals surface area contributed by atoms with Gasteiger partial charge in [-0.05, 0) is 34.9 Å². The van der Waals surface area contributed by atoms with Gasteiger partial charge in [0.05, 0.1) is 0 Å². The minimum Gasteiger partial charge on any atom is -0.324 e. The molecule has 4 heteroatoms. The predicted octanol–water partition coefficient (Wildman–Crippen LogP) is 6.50. The number of rotatable bonds is 4. The summed E-state index contributed by atoms with van der Waals surface area (Å²) in [7, 11) is 0. The van der Waals surface area contributed by atoms with Crippen LogP contribution >= 0.6 is 11.6 Å². The second-order valence-corrected chi connectivity index (χ2v) is 7.76. The molecule has 0 radical (unpaired) electrons. The van der Waals surface area contributed by atoms with Gasteiger partial charge in [0.25, 0.3) is 0 Å². The molecule has 4 aromatic rings. The lowest BCUT2D eigenvalue weighted by Gasteiger charge is -2.22. The summed E-state index contributed by atoms with van der Waals surface area (Å²) in [5.41, 5.74) is 5.25. The van der Waals surface area contributed by atoms with Crippen molar-refractivity contribution < 1.29 is 0 Å². The first kappa shape index (κ1) is 19.3. The highest BCUT2D eigenvalue weighted by atomic mass is 35.5. The van der Waals surface area contributed by atoms with E-state index in [1.807, 2.05) is 60.7 Å². The Bertz CT molecular complexity index is 1210. The van der Waals surface area contributed by atoms with Crippen molar-refractivity contribution in [2.24, 2.45) is 9.98 Å². The van der Waals surface area contributed by atoms with Crippen LogP contribution in [0.15, 0.2) is 119 Å². The molecule has 0 aliphatic carbocycles. The number of amidine groups is 2. The maximum Gasteiger partial charge on any atom is 0.169 e. The van der Waals surface area contributed by atoms with Gasteiger partial charge >= 0.3 is 0 Å². The monoisotopic (exact) mass is 421 g/mol. The standard InChI is InChI=1S/C27H20ClN3/c28-24-16-8-14-22(18-24)21-13-7-15-23(17-21)27-30-25(19-9-3-1-4-10-19)29-26(31-27)20-11-5-2-6-12-20/h1-18,27H,(H,29,30,31). The van der Waals surface area contributed by atoms with Crippen LogP contribution < -0.4 is 5.32 Å². The minimum atomic E-state index is -0.342. The van der Waals surface area contributed by atoms with Crippen LogP contribution in [-0.2, 0) is 0 Å². The molecule has 150 valence electrons. The first-order chi connectivity index (χ1) is 15.3. The van der Waals surface area contributed by atoms with Gasteiger partial charge in [-0.3, -0.25) is 0 Å². The van der Waals surface area contributed by atoms with E-state index >= 15 is 0 Å². The van der Waals surface area contributed by atoms with E-state index in [4.69, 9.17) is 21.6 Å². The van der Waals surface area contributed by atoms with Crippen LogP contribution in [0.1, 0.15) is 22.9 Å². The van der Waals surface area contributed by atoms with Gasteiger partial charge in [-0.25, -0.2) is 9.98 Å². The number of nitrogens with zero attached hydrogens (tertiary/aromatic N) is 2. The molecule has 3 nitrogen and oxygen atoms in total. The molecule has 0 amide bonds. The van der Waals surface area contributed by atoms with Gasteiger partial charge in [-0.15, -0.1) is 0 Å². The lowest BCUT2D eigenvalue weighted by molar-refractivity contribution is 0.756. The topological polar surface area (TPSA) is 36.8 Å². The van der Waals surface area contributed by atoms with Crippen molar-refractivity contribution in [3.05, 3.63) is 131 Å². The fourth-order valence-corrected chi connectivity index (χ4v) is 3.82. The smallest absolute Gasteiger partial charge is 0.169 e. The SMILES string of the molecule is Clc1cccc(-c2cccc(C3N=C(c4ccccc4)NC(c4ccccc4)=N3)c2)c1. The quantitative estimate of drug-likeness (QED) is 0.401. The largest absolute Gasteiger partial charge is 0.324 e. The molecule has 0 spiro atoms. The third-order valence-electron chi connectivity index (χ3n) is 5.18. The maximum atomic E-state index is 6.21. The Kier molecular flexibility index (Phi) is 5.34. The molecule has 4 aromatic carbocycles. The van der Waals surface area contributed by atoms with Gasteiger partial charge in [-0.1, -0.05) is 103 Å². The summed E-state index contributed by atoms with van der Waals surface area (Å²) < 4.78 is 0. The van der Waals surface area contributed by atoms with Crippen molar-refractivity contribution in [2.45, 2.75) is 6.17 Å². The van der Waals surface area contributed by atoms with E-state index in [0.717, 1.165) is 44.5 Å². The van der Waals surface area contributed by atoms with Crippen LogP contribution in [0.2, 0.25) is 5.02 Å². The summed E-state index contributed by atoms with van der Waals surface area (Å²) in [4.78, 5) is 9.88. The summed E-state index contributed by atoms with van der Waals surface area (Å²) in [6.45, 7) is 0. The molecule has 31 heavy (non-hydrogen) atoms. The minimum absolute atomic E-state index is 0.342. The molecule has 1 aliphatic heterocycles. The van der Waals surface area contributed by atoms with Crippen molar-refractivity contribution in [2.75, 3.05) is 0 Å². The zero-order chi connectivity index (χ0) is 21.0. The van der Waals surface area contributed by atoms with E-state index in [9.17, 15) is 0 Å². The molecule has 0 aromatic heterocycles. The highest BCUT2D eigenvalue weighted by Gasteiger charge is 2.20. The van der Waals surface area contributed by atoms with Crippen LogP contribution in [-0.4, -0.2) is 11.7 Å². The molecule has 1 heterocycles. The van der Waals surface area contributed by atoms with Crippen molar-refractivity contribution in [1.82, 2.24) is 5.32 Å². The van der Waals surface area contributed by atoms with Gasteiger partial charge in [0.1, 0.15) is 11.7 Å². The Morgan fingerprint density at radius 1 is 0.548 bits per heavy atom. The third kappa shape index (κ3) is 4.27. The van der Waals surface area contributed by atoms with Gasteiger partial charge < -0.3 is 5.32 Å². The lowest BCUT2D eigenvalue weighted by atomic mass is 10.0. The van der Waals surface area contributed by atoms with Gasteiger partial charge in [0.15, 0.2) is 6.17 Å². The molecule has 0 bridgehead atoms. The van der Waals surface area contributed by atoms with Crippen LogP contribution in [0.5, 0.6) is 0 Å². The maximum absolute atomic E-state index is 6.21. The van der Waals surface area contributed by atoms with Gasteiger partial charge in [-0.2, -0.15) is 0 Å². The highest BCUT2D eigenvalue weighted by molar-refractivity contribution is 6.30. The number of nitrogens with one attached hydrogen (secondary N) is 1. The second-order valence-electron chi connectivity index (χ2n) is 7.32. The van der Waals surface area contributed by atoms with E-state index in [1.165, 1.54) is 0 Å². The van der Waals surface area contributed by atoms with Crippen molar-refractivity contribution in [3.63, 3.8) is 0 Å². The number of hydrogen-bond donors (Lipinski definition) is 1. The van der Waals surface area contributed by atoms with Crippen molar-refractivity contribution in [1.29, 1.82) is 0 Å². The lowest BCUT2D eigenvalue weighted by Crippen LogP contribution is -2.35. The molecule has 5 rings (SSSR count). The highest BCUT2D eigenvalue weighted by Crippen LogP contribution is 2.29. The number of halogens is 1. The molecule has 0 atom stereocenters. The molecular weight excluding hydrogens is 402 g/mol. The van der Waals surface area contributed by atoms with Crippen LogP contribution in [0.4, 0.5) is 0 Å². The summed E-state index contributed by atoms with van der Waals surface area (Å²) in [5.74, 6) is 1.63. The normalized spacial score (nSPS) is 13.8. The number of hydrogen-bond acceptors (Lipinski definition) is 3. The first-order valence-electron chi connectivity index (χ1n) is 10.2. The average molecular weight is 422 g/mol. The second kappa shape index (κ2) is 8.58.